The number of benzene rings is 1. The molecule has 19 heavy (non-hydrogen) atoms. The number of nitrogens with one attached hydrogen (secondary N) is 1. The highest BCUT2D eigenvalue weighted by atomic mass is 19.4. The third kappa shape index (κ3) is 6.25. The molecule has 0 unspecified atom stereocenters. The number of alkyl halides is 3. The molecule has 4 nitrogen and oxygen atoms in total. The standard InChI is InChI=1S/C12H10F3NO3/c13-12(14,15)7-10(17)16-9-3-1-2-8(6-9)4-5-11(18)19/h1-6H,7H2,(H,16,17)(H,18,19)/b5-4+. The van der Waals surface area contributed by atoms with Crippen LogP contribution < -0.4 is 5.32 Å². The van der Waals surface area contributed by atoms with E-state index in [2.05, 4.69) is 5.32 Å². The van der Waals surface area contributed by atoms with Gasteiger partial charge in [-0.05, 0) is 23.8 Å². The van der Waals surface area contributed by atoms with E-state index in [0.717, 1.165) is 6.08 Å². The van der Waals surface area contributed by atoms with Crippen molar-refractivity contribution in [3.63, 3.8) is 0 Å². The number of carboxylic acids is 1. The van der Waals surface area contributed by atoms with Crippen molar-refractivity contribution in [2.24, 2.45) is 0 Å². The van der Waals surface area contributed by atoms with Gasteiger partial charge in [0, 0.05) is 11.8 Å². The fourth-order valence-electron chi connectivity index (χ4n) is 1.27. The predicted octanol–water partition coefficient (Wildman–Crippen LogP) is 2.68. The Morgan fingerprint density at radius 1 is 1.32 bits per heavy atom. The average molecular weight is 273 g/mol. The van der Waals surface area contributed by atoms with Crippen molar-refractivity contribution < 1.29 is 27.9 Å². The van der Waals surface area contributed by atoms with Gasteiger partial charge in [0.2, 0.25) is 5.91 Å². The minimum atomic E-state index is -4.56. The van der Waals surface area contributed by atoms with Crippen LogP contribution in [0.2, 0.25) is 0 Å². The lowest BCUT2D eigenvalue weighted by atomic mass is 10.2. The maximum absolute atomic E-state index is 12.0. The summed E-state index contributed by atoms with van der Waals surface area (Å²) in [4.78, 5) is 21.4. The fourth-order valence-corrected chi connectivity index (χ4v) is 1.27. The van der Waals surface area contributed by atoms with Crippen molar-refractivity contribution >= 4 is 23.6 Å². The number of amides is 1. The second-order valence-electron chi connectivity index (χ2n) is 3.64. The summed E-state index contributed by atoms with van der Waals surface area (Å²) in [6.07, 6.45) is -3.98. The molecule has 0 spiro atoms. The van der Waals surface area contributed by atoms with Gasteiger partial charge in [-0.25, -0.2) is 4.79 Å². The van der Waals surface area contributed by atoms with Crippen molar-refractivity contribution in [2.45, 2.75) is 12.6 Å². The van der Waals surface area contributed by atoms with Gasteiger partial charge in [0.25, 0.3) is 0 Å². The first-order valence-electron chi connectivity index (χ1n) is 5.14. The van der Waals surface area contributed by atoms with Crippen LogP contribution in [0.4, 0.5) is 18.9 Å². The fraction of sp³-hybridized carbons (Fsp3) is 0.167. The van der Waals surface area contributed by atoms with Crippen LogP contribution in [0.15, 0.2) is 30.3 Å². The van der Waals surface area contributed by atoms with Crippen LogP contribution in [0.1, 0.15) is 12.0 Å². The zero-order chi connectivity index (χ0) is 14.5. The van der Waals surface area contributed by atoms with E-state index in [1.807, 2.05) is 0 Å². The monoisotopic (exact) mass is 273 g/mol. The molecule has 0 aromatic heterocycles. The lowest BCUT2D eigenvalue weighted by Crippen LogP contribution is -2.21. The van der Waals surface area contributed by atoms with Gasteiger partial charge in [-0.15, -0.1) is 0 Å². The zero-order valence-electron chi connectivity index (χ0n) is 9.57. The van der Waals surface area contributed by atoms with Crippen molar-refractivity contribution in [2.75, 3.05) is 5.32 Å². The Bertz CT molecular complexity index is 509. The molecular weight excluding hydrogens is 263 g/mol. The molecule has 0 heterocycles. The lowest BCUT2D eigenvalue weighted by molar-refractivity contribution is -0.150. The normalized spacial score (nSPS) is 11.5. The number of hydrogen-bond donors (Lipinski definition) is 2. The van der Waals surface area contributed by atoms with Crippen LogP contribution in [-0.4, -0.2) is 23.2 Å². The minimum absolute atomic E-state index is 0.168. The van der Waals surface area contributed by atoms with E-state index in [-0.39, 0.29) is 5.69 Å². The second kappa shape index (κ2) is 6.03. The molecule has 0 saturated heterocycles. The van der Waals surface area contributed by atoms with Crippen molar-refractivity contribution in [1.82, 2.24) is 0 Å². The number of carbonyl (C=O) groups excluding carboxylic acids is 1. The molecule has 7 heteroatoms. The molecule has 1 amide bonds. The molecule has 102 valence electrons. The lowest BCUT2D eigenvalue weighted by Gasteiger charge is -2.08. The third-order valence-corrected chi connectivity index (χ3v) is 1.95. The van der Waals surface area contributed by atoms with Crippen molar-refractivity contribution in [3.8, 4) is 0 Å². The molecule has 2 N–H and O–H groups in total. The quantitative estimate of drug-likeness (QED) is 0.829. The van der Waals surface area contributed by atoms with Gasteiger partial charge in [-0.2, -0.15) is 13.2 Å². The summed E-state index contributed by atoms with van der Waals surface area (Å²) in [5.74, 6) is -2.32. The second-order valence-corrected chi connectivity index (χ2v) is 3.64. The number of aliphatic carboxylic acids is 1. The summed E-state index contributed by atoms with van der Waals surface area (Å²) in [5, 5.41) is 10.5. The minimum Gasteiger partial charge on any atom is -0.478 e. The molecule has 0 radical (unpaired) electrons. The molecule has 0 aliphatic carbocycles. The Balaban J connectivity index is 2.72. The Kier molecular flexibility index (Phi) is 4.68. The summed E-state index contributed by atoms with van der Waals surface area (Å²) in [5.41, 5.74) is 0.619. The summed E-state index contributed by atoms with van der Waals surface area (Å²) in [7, 11) is 0. The first-order valence-corrected chi connectivity index (χ1v) is 5.14. The molecule has 0 saturated carbocycles. The maximum Gasteiger partial charge on any atom is 0.397 e. The molecule has 1 aromatic carbocycles. The van der Waals surface area contributed by atoms with E-state index in [1.54, 1.807) is 6.07 Å². The third-order valence-electron chi connectivity index (χ3n) is 1.95. The van der Waals surface area contributed by atoms with E-state index in [4.69, 9.17) is 5.11 Å². The molecule has 0 bridgehead atoms. The molecule has 1 aromatic rings. The van der Waals surface area contributed by atoms with Crippen LogP contribution in [0.5, 0.6) is 0 Å². The van der Waals surface area contributed by atoms with Gasteiger partial charge in [-0.3, -0.25) is 4.79 Å². The van der Waals surface area contributed by atoms with E-state index in [9.17, 15) is 22.8 Å². The van der Waals surface area contributed by atoms with E-state index >= 15 is 0 Å². The Morgan fingerprint density at radius 2 is 2.00 bits per heavy atom. The highest BCUT2D eigenvalue weighted by molar-refractivity contribution is 5.91. The Labute approximate surface area is 106 Å². The van der Waals surface area contributed by atoms with E-state index in [0.29, 0.717) is 5.56 Å². The van der Waals surface area contributed by atoms with Gasteiger partial charge >= 0.3 is 12.1 Å². The molecule has 0 atom stereocenters. The Morgan fingerprint density at radius 3 is 2.58 bits per heavy atom. The number of halogens is 3. The summed E-state index contributed by atoms with van der Waals surface area (Å²) in [6, 6.07) is 5.82. The van der Waals surface area contributed by atoms with Crippen LogP contribution >= 0.6 is 0 Å². The van der Waals surface area contributed by atoms with E-state index < -0.39 is 24.5 Å². The van der Waals surface area contributed by atoms with Gasteiger partial charge in [0.15, 0.2) is 0 Å². The largest absolute Gasteiger partial charge is 0.478 e. The maximum atomic E-state index is 12.0. The molecule has 0 fully saturated rings. The molecule has 1 rings (SSSR count). The number of rotatable bonds is 4. The van der Waals surface area contributed by atoms with Gasteiger partial charge in [-0.1, -0.05) is 12.1 Å². The van der Waals surface area contributed by atoms with E-state index in [1.165, 1.54) is 24.3 Å². The number of hydrogen-bond acceptors (Lipinski definition) is 2. The topological polar surface area (TPSA) is 66.4 Å². The average Bonchev–Trinajstić information content (AvgIpc) is 2.24. The van der Waals surface area contributed by atoms with Crippen molar-refractivity contribution in [3.05, 3.63) is 35.9 Å². The van der Waals surface area contributed by atoms with Gasteiger partial charge in [0.1, 0.15) is 6.42 Å². The number of anilines is 1. The highest BCUT2D eigenvalue weighted by Gasteiger charge is 2.31. The number of carboxylic acid groups (broad SMARTS) is 1. The first-order chi connectivity index (χ1) is 8.76. The van der Waals surface area contributed by atoms with Gasteiger partial charge in [0.05, 0.1) is 0 Å². The summed E-state index contributed by atoms with van der Waals surface area (Å²) in [6.45, 7) is 0. The van der Waals surface area contributed by atoms with Gasteiger partial charge < -0.3 is 10.4 Å². The van der Waals surface area contributed by atoms with Crippen molar-refractivity contribution in [1.29, 1.82) is 0 Å². The van der Waals surface area contributed by atoms with Crippen LogP contribution in [-0.2, 0) is 9.59 Å². The molecular formula is C12H10F3NO3. The molecule has 0 aliphatic rings. The summed E-state index contributed by atoms with van der Waals surface area (Å²) >= 11 is 0. The summed E-state index contributed by atoms with van der Waals surface area (Å²) < 4.78 is 35.9. The predicted molar refractivity (Wildman–Crippen MR) is 62.4 cm³/mol. The zero-order valence-corrected chi connectivity index (χ0v) is 9.57. The van der Waals surface area contributed by atoms with Crippen LogP contribution in [0, 0.1) is 0 Å². The number of carbonyl (C=O) groups is 2. The van der Waals surface area contributed by atoms with Crippen LogP contribution in [0.25, 0.3) is 6.08 Å². The highest BCUT2D eigenvalue weighted by Crippen LogP contribution is 2.20. The Hall–Kier alpha value is -2.31. The van der Waals surface area contributed by atoms with Crippen LogP contribution in [0.3, 0.4) is 0 Å². The SMILES string of the molecule is O=C(O)/C=C/c1cccc(NC(=O)CC(F)(F)F)c1. The first kappa shape index (κ1) is 14.7. The smallest absolute Gasteiger partial charge is 0.397 e. The molecule has 0 aliphatic heterocycles.